The van der Waals surface area contributed by atoms with Gasteiger partial charge in [-0.3, -0.25) is 14.3 Å². The number of rotatable bonds is 6. The van der Waals surface area contributed by atoms with E-state index in [0.29, 0.717) is 6.54 Å². The molecule has 1 aromatic heterocycles. The van der Waals surface area contributed by atoms with Crippen LogP contribution in [0.15, 0.2) is 23.0 Å². The first kappa shape index (κ1) is 20.0. The van der Waals surface area contributed by atoms with Gasteiger partial charge in [0.2, 0.25) is 0 Å². The molecule has 148 valence electrons. The zero-order chi connectivity index (χ0) is 19.4. The Hall–Kier alpha value is -1.72. The molecule has 0 aliphatic carbocycles. The van der Waals surface area contributed by atoms with Crippen molar-refractivity contribution in [2.75, 3.05) is 33.2 Å². The zero-order valence-corrected chi connectivity index (χ0v) is 17.4. The predicted molar refractivity (Wildman–Crippen MR) is 112 cm³/mol. The number of aryl methyl sites for hydroxylation is 1. The summed E-state index contributed by atoms with van der Waals surface area (Å²) in [6, 6.07) is 6.36. The lowest BCUT2D eigenvalue weighted by atomic mass is 10.1. The molecule has 1 saturated heterocycles. The van der Waals surface area contributed by atoms with Gasteiger partial charge in [-0.1, -0.05) is 26.3 Å². The summed E-state index contributed by atoms with van der Waals surface area (Å²) in [5.74, 6) is 0.950. The minimum Gasteiger partial charge on any atom is -0.305 e. The highest BCUT2D eigenvalue weighted by Gasteiger charge is 2.26. The lowest BCUT2D eigenvalue weighted by Gasteiger charge is -2.31. The standard InChI is InChI=1S/C22H34N4O/c1-5-9-20(25-13-8-12-24(4)14-15-25)21-23-19-11-10-17(6-2)16-18(19)22(27)26(21)7-3/h10-11,16,20H,5-9,12-15H2,1-4H3. The van der Waals surface area contributed by atoms with E-state index in [2.05, 4.69) is 43.7 Å². The number of likely N-dealkylation sites (N-methyl/N-ethyl adjacent to an activating group) is 1. The van der Waals surface area contributed by atoms with E-state index in [1.165, 1.54) is 12.0 Å². The first-order chi connectivity index (χ1) is 13.1. The molecule has 1 unspecified atom stereocenters. The second-order valence-corrected chi connectivity index (χ2v) is 7.72. The van der Waals surface area contributed by atoms with Crippen LogP contribution in [0.2, 0.25) is 0 Å². The van der Waals surface area contributed by atoms with Crippen molar-refractivity contribution in [3.8, 4) is 0 Å². The Balaban J connectivity index is 2.09. The number of benzene rings is 1. The van der Waals surface area contributed by atoms with E-state index < -0.39 is 0 Å². The molecular weight excluding hydrogens is 336 g/mol. The number of aromatic nitrogens is 2. The zero-order valence-electron chi connectivity index (χ0n) is 17.4. The van der Waals surface area contributed by atoms with Crippen molar-refractivity contribution in [3.05, 3.63) is 39.9 Å². The molecule has 2 heterocycles. The summed E-state index contributed by atoms with van der Waals surface area (Å²) in [4.78, 5) is 23.2. The van der Waals surface area contributed by atoms with Crippen LogP contribution in [-0.2, 0) is 13.0 Å². The van der Waals surface area contributed by atoms with Crippen molar-refractivity contribution >= 4 is 10.9 Å². The quantitative estimate of drug-likeness (QED) is 0.781. The molecule has 2 aromatic rings. The second kappa shape index (κ2) is 8.98. The molecule has 0 bridgehead atoms. The van der Waals surface area contributed by atoms with Crippen LogP contribution in [0.25, 0.3) is 10.9 Å². The Morgan fingerprint density at radius 3 is 2.63 bits per heavy atom. The first-order valence-electron chi connectivity index (χ1n) is 10.5. The highest BCUT2D eigenvalue weighted by Crippen LogP contribution is 2.26. The van der Waals surface area contributed by atoms with E-state index in [1.807, 2.05) is 16.7 Å². The molecule has 0 saturated carbocycles. The average molecular weight is 371 g/mol. The molecule has 5 nitrogen and oxygen atoms in total. The summed E-state index contributed by atoms with van der Waals surface area (Å²) >= 11 is 0. The Labute approximate surface area is 163 Å². The van der Waals surface area contributed by atoms with E-state index in [1.54, 1.807) is 0 Å². The molecule has 0 amide bonds. The molecule has 5 heteroatoms. The van der Waals surface area contributed by atoms with E-state index in [9.17, 15) is 4.79 Å². The van der Waals surface area contributed by atoms with Gasteiger partial charge in [-0.25, -0.2) is 4.98 Å². The molecule has 1 aromatic carbocycles. The topological polar surface area (TPSA) is 41.4 Å². The molecule has 3 rings (SSSR count). The summed E-state index contributed by atoms with van der Waals surface area (Å²) in [6.45, 7) is 11.4. The monoisotopic (exact) mass is 370 g/mol. The fourth-order valence-corrected chi connectivity index (χ4v) is 4.19. The number of nitrogens with zero attached hydrogens (tertiary/aromatic N) is 4. The van der Waals surface area contributed by atoms with Crippen LogP contribution in [-0.4, -0.2) is 52.6 Å². The molecule has 1 aliphatic rings. The van der Waals surface area contributed by atoms with Crippen LogP contribution in [0.3, 0.4) is 0 Å². The normalized spacial score (nSPS) is 17.9. The molecule has 1 fully saturated rings. The van der Waals surface area contributed by atoms with Gasteiger partial charge in [0.25, 0.3) is 5.56 Å². The number of hydrogen-bond acceptors (Lipinski definition) is 4. The molecule has 0 spiro atoms. The van der Waals surface area contributed by atoms with Crippen molar-refractivity contribution in [3.63, 3.8) is 0 Å². The van der Waals surface area contributed by atoms with Crippen LogP contribution < -0.4 is 5.56 Å². The minimum absolute atomic E-state index is 0.112. The van der Waals surface area contributed by atoms with Gasteiger partial charge >= 0.3 is 0 Å². The molecule has 1 aliphatic heterocycles. The van der Waals surface area contributed by atoms with Crippen LogP contribution in [0.4, 0.5) is 0 Å². The van der Waals surface area contributed by atoms with Gasteiger partial charge in [-0.15, -0.1) is 0 Å². The van der Waals surface area contributed by atoms with E-state index in [4.69, 9.17) is 4.98 Å². The Bertz CT molecular complexity index is 829. The van der Waals surface area contributed by atoms with E-state index in [0.717, 1.165) is 62.2 Å². The van der Waals surface area contributed by atoms with Crippen molar-refractivity contribution < 1.29 is 0 Å². The minimum atomic E-state index is 0.112. The van der Waals surface area contributed by atoms with Crippen LogP contribution in [0, 0.1) is 0 Å². The Kier molecular flexibility index (Phi) is 6.66. The van der Waals surface area contributed by atoms with Gasteiger partial charge < -0.3 is 4.90 Å². The Morgan fingerprint density at radius 1 is 1.11 bits per heavy atom. The largest absolute Gasteiger partial charge is 0.305 e. The van der Waals surface area contributed by atoms with E-state index in [-0.39, 0.29) is 11.6 Å². The summed E-state index contributed by atoms with van der Waals surface area (Å²) in [6.07, 6.45) is 4.22. The maximum atomic E-state index is 13.3. The molecule has 1 atom stereocenters. The highest BCUT2D eigenvalue weighted by atomic mass is 16.1. The Morgan fingerprint density at radius 2 is 1.93 bits per heavy atom. The van der Waals surface area contributed by atoms with Gasteiger partial charge in [-0.05, 0) is 57.5 Å². The van der Waals surface area contributed by atoms with Gasteiger partial charge in [0, 0.05) is 26.2 Å². The van der Waals surface area contributed by atoms with Crippen molar-refractivity contribution in [2.24, 2.45) is 0 Å². The van der Waals surface area contributed by atoms with Crippen LogP contribution in [0.1, 0.15) is 57.5 Å². The van der Waals surface area contributed by atoms with Crippen molar-refractivity contribution in [1.29, 1.82) is 0 Å². The van der Waals surface area contributed by atoms with Gasteiger partial charge in [-0.2, -0.15) is 0 Å². The highest BCUT2D eigenvalue weighted by molar-refractivity contribution is 5.78. The molecule has 0 radical (unpaired) electrons. The average Bonchev–Trinajstić information content (AvgIpc) is 2.90. The first-order valence-corrected chi connectivity index (χ1v) is 10.5. The smallest absolute Gasteiger partial charge is 0.261 e. The second-order valence-electron chi connectivity index (χ2n) is 7.72. The fraction of sp³-hybridized carbons (Fsp3) is 0.636. The number of fused-ring (bicyclic) bond motifs is 1. The maximum absolute atomic E-state index is 13.3. The summed E-state index contributed by atoms with van der Waals surface area (Å²) in [7, 11) is 2.19. The number of hydrogen-bond donors (Lipinski definition) is 0. The third-order valence-corrected chi connectivity index (χ3v) is 5.83. The summed E-state index contributed by atoms with van der Waals surface area (Å²) in [5.41, 5.74) is 2.14. The van der Waals surface area contributed by atoms with Crippen molar-refractivity contribution in [2.45, 2.75) is 59.0 Å². The van der Waals surface area contributed by atoms with Crippen LogP contribution >= 0.6 is 0 Å². The molecule has 27 heavy (non-hydrogen) atoms. The van der Waals surface area contributed by atoms with Gasteiger partial charge in [0.1, 0.15) is 5.82 Å². The maximum Gasteiger partial charge on any atom is 0.261 e. The summed E-state index contributed by atoms with van der Waals surface area (Å²) < 4.78 is 1.91. The van der Waals surface area contributed by atoms with Gasteiger partial charge in [0.15, 0.2) is 0 Å². The fourth-order valence-electron chi connectivity index (χ4n) is 4.19. The molecular formula is C22H34N4O. The van der Waals surface area contributed by atoms with Crippen molar-refractivity contribution in [1.82, 2.24) is 19.4 Å². The lowest BCUT2D eigenvalue weighted by Crippen LogP contribution is -2.37. The molecule has 0 N–H and O–H groups in total. The van der Waals surface area contributed by atoms with Gasteiger partial charge in [0.05, 0.1) is 16.9 Å². The van der Waals surface area contributed by atoms with Crippen LogP contribution in [0.5, 0.6) is 0 Å². The SMILES string of the molecule is CCCC(c1nc2ccc(CC)cc2c(=O)n1CC)N1CCCN(C)CC1. The lowest BCUT2D eigenvalue weighted by molar-refractivity contribution is 0.180. The third kappa shape index (κ3) is 4.25. The predicted octanol–water partition coefficient (Wildman–Crippen LogP) is 3.46. The summed E-state index contributed by atoms with van der Waals surface area (Å²) in [5, 5.41) is 0.755. The third-order valence-electron chi connectivity index (χ3n) is 5.83. The van der Waals surface area contributed by atoms with E-state index >= 15 is 0 Å².